The Morgan fingerprint density at radius 2 is 2.12 bits per heavy atom. The molecule has 1 unspecified atom stereocenters. The molecule has 1 heterocycles. The van der Waals surface area contributed by atoms with Gasteiger partial charge in [0.15, 0.2) is 5.78 Å². The third kappa shape index (κ3) is 4.57. The molecule has 1 fully saturated rings. The minimum Gasteiger partial charge on any atom is -0.383 e. The lowest BCUT2D eigenvalue weighted by Gasteiger charge is -2.19. The number of ether oxygens (including phenoxy) is 1. The Labute approximate surface area is 146 Å². The summed E-state index contributed by atoms with van der Waals surface area (Å²) in [5, 5.41) is 4.60. The van der Waals surface area contributed by atoms with Crippen LogP contribution in [-0.2, 0) is 21.7 Å². The van der Waals surface area contributed by atoms with Gasteiger partial charge in [0.2, 0.25) is 0 Å². The number of rotatable bonds is 7. The Balaban J connectivity index is 1.99. The van der Waals surface area contributed by atoms with E-state index in [0.29, 0.717) is 6.73 Å². The molecular formula is C18H31N3O2Si. The highest BCUT2D eigenvalue weighted by Gasteiger charge is 2.44. The van der Waals surface area contributed by atoms with Crippen LogP contribution in [0.3, 0.4) is 0 Å². The van der Waals surface area contributed by atoms with Gasteiger partial charge in [-0.3, -0.25) is 4.79 Å². The molecule has 0 aromatic carbocycles. The van der Waals surface area contributed by atoms with E-state index in [1.165, 1.54) is 0 Å². The van der Waals surface area contributed by atoms with Gasteiger partial charge in [-0.05, 0) is 31.9 Å². The van der Waals surface area contributed by atoms with Gasteiger partial charge in [0.25, 0.3) is 0 Å². The van der Waals surface area contributed by atoms with Crippen molar-refractivity contribution >= 4 is 13.9 Å². The van der Waals surface area contributed by atoms with E-state index in [1.54, 1.807) is 4.68 Å². The molecule has 1 atom stereocenters. The van der Waals surface area contributed by atoms with E-state index in [1.807, 2.05) is 44.4 Å². The van der Waals surface area contributed by atoms with Crippen LogP contribution in [0.25, 0.3) is 0 Å². The normalized spacial score (nSPS) is 23.2. The number of Topliss-reactive ketones (excluding diaryl/α,β-unsaturated/α-hetero) is 1. The second kappa shape index (κ2) is 7.23. The van der Waals surface area contributed by atoms with E-state index in [0.717, 1.165) is 36.8 Å². The topological polar surface area (TPSA) is 47.4 Å². The molecule has 1 aromatic heterocycles. The molecule has 6 heteroatoms. The molecule has 0 spiro atoms. The standard InChI is InChI=1S/C18H31N3O2Si/c1-18(9-7-15(17(18)22)13-20(2)3)16-8-10-21(19-16)14-23-11-12-24(4,5)6/h8,10,13H,7,9,11-12,14H2,1-6H3. The summed E-state index contributed by atoms with van der Waals surface area (Å²) in [6, 6.07) is 3.11. The highest BCUT2D eigenvalue weighted by atomic mass is 28.3. The lowest BCUT2D eigenvalue weighted by molar-refractivity contribution is -0.119. The molecule has 134 valence electrons. The van der Waals surface area contributed by atoms with Crippen molar-refractivity contribution in [3.63, 3.8) is 0 Å². The van der Waals surface area contributed by atoms with Crippen LogP contribution in [-0.4, -0.2) is 49.2 Å². The van der Waals surface area contributed by atoms with E-state index in [-0.39, 0.29) is 5.78 Å². The fourth-order valence-corrected chi connectivity index (χ4v) is 3.67. The van der Waals surface area contributed by atoms with Gasteiger partial charge in [-0.1, -0.05) is 19.6 Å². The monoisotopic (exact) mass is 349 g/mol. The van der Waals surface area contributed by atoms with Crippen LogP contribution in [0.1, 0.15) is 25.5 Å². The molecule has 2 rings (SSSR count). The van der Waals surface area contributed by atoms with Crippen LogP contribution in [0.5, 0.6) is 0 Å². The molecule has 0 radical (unpaired) electrons. The lowest BCUT2D eigenvalue weighted by atomic mass is 9.84. The van der Waals surface area contributed by atoms with Crippen molar-refractivity contribution in [1.82, 2.24) is 14.7 Å². The largest absolute Gasteiger partial charge is 0.383 e. The summed E-state index contributed by atoms with van der Waals surface area (Å²) < 4.78 is 7.53. The first-order valence-corrected chi connectivity index (χ1v) is 12.4. The highest BCUT2D eigenvalue weighted by molar-refractivity contribution is 6.76. The third-order valence-electron chi connectivity index (χ3n) is 4.53. The number of nitrogens with zero attached hydrogens (tertiary/aromatic N) is 3. The van der Waals surface area contributed by atoms with Gasteiger partial charge in [0.05, 0.1) is 11.1 Å². The Kier molecular flexibility index (Phi) is 5.70. The summed E-state index contributed by atoms with van der Waals surface area (Å²) in [5.41, 5.74) is 1.23. The van der Waals surface area contributed by atoms with Gasteiger partial charge in [-0.15, -0.1) is 0 Å². The van der Waals surface area contributed by atoms with E-state index < -0.39 is 13.5 Å². The Hall–Kier alpha value is -1.40. The maximum absolute atomic E-state index is 12.8. The second-order valence-electron chi connectivity index (χ2n) is 8.37. The van der Waals surface area contributed by atoms with Gasteiger partial charge < -0.3 is 9.64 Å². The molecule has 1 aliphatic carbocycles. The first-order chi connectivity index (χ1) is 11.1. The predicted molar refractivity (Wildman–Crippen MR) is 99.7 cm³/mol. The molecule has 1 saturated carbocycles. The minimum atomic E-state index is -1.06. The maximum atomic E-state index is 12.8. The molecule has 0 amide bonds. The van der Waals surface area contributed by atoms with Crippen molar-refractivity contribution in [1.29, 1.82) is 0 Å². The number of hydrogen-bond acceptors (Lipinski definition) is 4. The molecule has 0 bridgehead atoms. The van der Waals surface area contributed by atoms with Gasteiger partial charge in [0, 0.05) is 46.7 Å². The first-order valence-electron chi connectivity index (χ1n) is 8.65. The fraction of sp³-hybridized carbons (Fsp3) is 0.667. The molecule has 0 aliphatic heterocycles. The average molecular weight is 350 g/mol. The van der Waals surface area contributed by atoms with Gasteiger partial charge in [0.1, 0.15) is 6.73 Å². The SMILES string of the molecule is CN(C)C=C1CCC(C)(c2ccn(COCC[Si](C)(C)C)n2)C1=O. The second-order valence-corrected chi connectivity index (χ2v) is 14.0. The van der Waals surface area contributed by atoms with Crippen LogP contribution in [0.2, 0.25) is 25.7 Å². The third-order valence-corrected chi connectivity index (χ3v) is 6.23. The van der Waals surface area contributed by atoms with Gasteiger partial charge in [-0.25, -0.2) is 4.68 Å². The average Bonchev–Trinajstić information content (AvgIpc) is 3.04. The smallest absolute Gasteiger partial charge is 0.172 e. The zero-order chi connectivity index (χ0) is 18.0. The number of carbonyl (C=O) groups is 1. The maximum Gasteiger partial charge on any atom is 0.172 e. The van der Waals surface area contributed by atoms with Crippen LogP contribution in [0, 0.1) is 0 Å². The van der Waals surface area contributed by atoms with Crippen molar-refractivity contribution in [3.05, 3.63) is 29.7 Å². The van der Waals surface area contributed by atoms with E-state index in [4.69, 9.17) is 4.74 Å². The summed E-state index contributed by atoms with van der Waals surface area (Å²) >= 11 is 0. The van der Waals surface area contributed by atoms with E-state index >= 15 is 0 Å². The zero-order valence-corrected chi connectivity index (χ0v) is 16.9. The quantitative estimate of drug-likeness (QED) is 0.431. The summed E-state index contributed by atoms with van der Waals surface area (Å²) in [5.74, 6) is 0.195. The van der Waals surface area contributed by atoms with Crippen LogP contribution >= 0.6 is 0 Å². The van der Waals surface area contributed by atoms with Crippen molar-refractivity contribution in [2.75, 3.05) is 20.7 Å². The Morgan fingerprint density at radius 3 is 2.75 bits per heavy atom. The molecule has 1 aliphatic rings. The fourth-order valence-electron chi connectivity index (χ4n) is 2.91. The van der Waals surface area contributed by atoms with Crippen LogP contribution < -0.4 is 0 Å². The van der Waals surface area contributed by atoms with Crippen molar-refractivity contribution in [3.8, 4) is 0 Å². The van der Waals surface area contributed by atoms with E-state index in [9.17, 15) is 4.79 Å². The highest BCUT2D eigenvalue weighted by Crippen LogP contribution is 2.39. The summed E-state index contributed by atoms with van der Waals surface area (Å²) in [7, 11) is 2.83. The lowest BCUT2D eigenvalue weighted by Crippen LogP contribution is -2.28. The first kappa shape index (κ1) is 18.9. The summed E-state index contributed by atoms with van der Waals surface area (Å²) in [4.78, 5) is 14.7. The number of aromatic nitrogens is 2. The predicted octanol–water partition coefficient (Wildman–Crippen LogP) is 3.26. The Morgan fingerprint density at radius 1 is 1.42 bits per heavy atom. The molecule has 0 N–H and O–H groups in total. The van der Waals surface area contributed by atoms with Gasteiger partial charge in [-0.2, -0.15) is 5.10 Å². The molecule has 1 aromatic rings. The zero-order valence-electron chi connectivity index (χ0n) is 15.9. The molecule has 5 nitrogen and oxygen atoms in total. The summed E-state index contributed by atoms with van der Waals surface area (Å²) in [6.45, 7) is 10.3. The summed E-state index contributed by atoms with van der Waals surface area (Å²) in [6.07, 6.45) is 5.48. The van der Waals surface area contributed by atoms with Crippen molar-refractivity contribution < 1.29 is 9.53 Å². The minimum absolute atomic E-state index is 0.195. The van der Waals surface area contributed by atoms with Crippen LogP contribution in [0.15, 0.2) is 24.0 Å². The molecule has 24 heavy (non-hydrogen) atoms. The van der Waals surface area contributed by atoms with Gasteiger partial charge >= 0.3 is 0 Å². The number of hydrogen-bond donors (Lipinski definition) is 0. The Bertz CT molecular complexity index is 616. The van der Waals surface area contributed by atoms with Crippen molar-refractivity contribution in [2.45, 2.75) is 57.6 Å². The van der Waals surface area contributed by atoms with E-state index in [2.05, 4.69) is 24.7 Å². The number of ketones is 1. The number of allylic oxidation sites excluding steroid dienone is 1. The van der Waals surface area contributed by atoms with Crippen molar-refractivity contribution in [2.24, 2.45) is 0 Å². The van der Waals surface area contributed by atoms with Crippen LogP contribution in [0.4, 0.5) is 0 Å². The number of carbonyl (C=O) groups excluding carboxylic acids is 1. The molecular weight excluding hydrogens is 318 g/mol. The molecule has 0 saturated heterocycles.